The van der Waals surface area contributed by atoms with Gasteiger partial charge in [0.2, 0.25) is 0 Å². The Balaban J connectivity index is 0. The summed E-state index contributed by atoms with van der Waals surface area (Å²) in [4.78, 5) is 0. The molecule has 4 heteroatoms. The summed E-state index contributed by atoms with van der Waals surface area (Å²) in [6.07, 6.45) is 0. The SMILES string of the molecule is [Cl-].[Mg+2].[O-2].[Zn+2]. The molecular formula is ClMgOZn+. The molecule has 0 saturated heterocycles. The van der Waals surface area contributed by atoms with Crippen molar-refractivity contribution in [1.29, 1.82) is 0 Å². The third kappa shape index (κ3) is 9.43. The van der Waals surface area contributed by atoms with E-state index in [0.29, 0.717) is 0 Å². The molecule has 4 heavy (non-hydrogen) atoms. The van der Waals surface area contributed by atoms with Gasteiger partial charge in [0.25, 0.3) is 0 Å². The number of hydrogen-bond acceptors (Lipinski definition) is 0. The van der Waals surface area contributed by atoms with Crippen LogP contribution in [0.3, 0.4) is 0 Å². The Bertz CT molecular complexity index is 8.00. The average Bonchev–Trinajstić information content (AvgIpc) is 0. The maximum Gasteiger partial charge on any atom is 2.00 e. The molecule has 0 amide bonds. The van der Waals surface area contributed by atoms with Crippen molar-refractivity contribution in [3.63, 3.8) is 0 Å². The predicted octanol–water partition coefficient (Wildman–Crippen LogP) is -3.50. The fraction of sp³-hybridized carbons (Fsp3) is 0. The minimum Gasteiger partial charge on any atom is -2.00 e. The molecule has 0 aliphatic heterocycles. The predicted molar refractivity (Wildman–Crippen MR) is 6.44 cm³/mol. The van der Waals surface area contributed by atoms with Crippen molar-refractivity contribution in [2.45, 2.75) is 0 Å². The molecule has 0 atom stereocenters. The van der Waals surface area contributed by atoms with Gasteiger partial charge in [-0.25, -0.2) is 0 Å². The van der Waals surface area contributed by atoms with Crippen LogP contribution in [-0.4, -0.2) is 23.1 Å². The van der Waals surface area contributed by atoms with E-state index in [0.717, 1.165) is 0 Å². The Kier molecular flexibility index (Phi) is 258. The molecule has 0 fully saturated rings. The van der Waals surface area contributed by atoms with E-state index in [4.69, 9.17) is 0 Å². The third-order valence-electron chi connectivity index (χ3n) is 0. The van der Waals surface area contributed by atoms with Crippen LogP contribution in [0.25, 0.3) is 0 Å². The van der Waals surface area contributed by atoms with Crippen molar-refractivity contribution in [3.8, 4) is 0 Å². The van der Waals surface area contributed by atoms with Gasteiger partial charge in [-0.2, -0.15) is 0 Å². The van der Waals surface area contributed by atoms with Gasteiger partial charge >= 0.3 is 42.5 Å². The molecule has 0 N–H and O–H groups in total. The zero-order chi connectivity index (χ0) is 0. The molecule has 0 aromatic rings. The van der Waals surface area contributed by atoms with E-state index < -0.39 is 0 Å². The molecule has 1 nitrogen and oxygen atoms in total. The van der Waals surface area contributed by atoms with Gasteiger partial charge in [0.15, 0.2) is 0 Å². The Morgan fingerprint density at radius 1 is 1.00 bits per heavy atom. The largest absolute Gasteiger partial charge is 2.00 e. The first kappa shape index (κ1) is 45.2. The second-order valence-corrected chi connectivity index (χ2v) is 0. The van der Waals surface area contributed by atoms with Gasteiger partial charge < -0.3 is 17.9 Å². The van der Waals surface area contributed by atoms with Crippen molar-refractivity contribution < 1.29 is 37.4 Å². The van der Waals surface area contributed by atoms with Crippen LogP contribution >= 0.6 is 0 Å². The maximum absolute atomic E-state index is 0. The summed E-state index contributed by atoms with van der Waals surface area (Å²) >= 11 is 0. The van der Waals surface area contributed by atoms with E-state index in [9.17, 15) is 0 Å². The first-order valence-electron chi connectivity index (χ1n) is 0. The topological polar surface area (TPSA) is 28.5 Å². The zero-order valence-electron chi connectivity index (χ0n) is 2.20. The summed E-state index contributed by atoms with van der Waals surface area (Å²) in [6, 6.07) is 0. The molecule has 0 aliphatic rings. The summed E-state index contributed by atoms with van der Waals surface area (Å²) in [5.74, 6) is 0. The molecule has 0 aromatic heterocycles. The summed E-state index contributed by atoms with van der Waals surface area (Å²) in [7, 11) is 0. The first-order chi connectivity index (χ1) is 0. The summed E-state index contributed by atoms with van der Waals surface area (Å²) < 4.78 is 0. The maximum atomic E-state index is 0. The van der Waals surface area contributed by atoms with Crippen molar-refractivity contribution in [1.82, 2.24) is 0 Å². The van der Waals surface area contributed by atoms with E-state index >= 15 is 0 Å². The van der Waals surface area contributed by atoms with E-state index in [1.807, 2.05) is 0 Å². The summed E-state index contributed by atoms with van der Waals surface area (Å²) in [5, 5.41) is 0. The molecule has 0 aromatic carbocycles. The number of halogens is 1. The van der Waals surface area contributed by atoms with Crippen LogP contribution in [-0.2, 0) is 25.0 Å². The smallest absolute Gasteiger partial charge is 2.00 e. The van der Waals surface area contributed by atoms with Gasteiger partial charge in [0.05, 0.1) is 0 Å². The van der Waals surface area contributed by atoms with Crippen LogP contribution in [0.2, 0.25) is 0 Å². The first-order valence-corrected chi connectivity index (χ1v) is 0. The molecule has 0 rings (SSSR count). The fourth-order valence-electron chi connectivity index (χ4n) is 0. The summed E-state index contributed by atoms with van der Waals surface area (Å²) in [6.45, 7) is 0. The zero-order valence-corrected chi connectivity index (χ0v) is 7.34. The van der Waals surface area contributed by atoms with Gasteiger partial charge in [-0.05, 0) is 0 Å². The Labute approximate surface area is 60.2 Å². The normalized spacial score (nSPS) is 0. The van der Waals surface area contributed by atoms with Crippen LogP contribution in [0, 0.1) is 0 Å². The van der Waals surface area contributed by atoms with Crippen LogP contribution in [0.1, 0.15) is 0 Å². The van der Waals surface area contributed by atoms with Crippen LogP contribution in [0.15, 0.2) is 0 Å². The summed E-state index contributed by atoms with van der Waals surface area (Å²) in [5.41, 5.74) is 0. The van der Waals surface area contributed by atoms with Gasteiger partial charge in [-0.15, -0.1) is 0 Å². The minimum atomic E-state index is 0. The molecule has 16 valence electrons. The minimum absolute atomic E-state index is 0. The molecule has 0 radical (unpaired) electrons. The molecule has 0 saturated carbocycles. The van der Waals surface area contributed by atoms with Gasteiger partial charge in [-0.1, -0.05) is 0 Å². The second kappa shape index (κ2) is 22.9. The second-order valence-electron chi connectivity index (χ2n) is 0. The van der Waals surface area contributed by atoms with Gasteiger partial charge in [-0.3, -0.25) is 0 Å². The monoisotopic (exact) mass is 139 g/mol. The van der Waals surface area contributed by atoms with E-state index in [2.05, 4.69) is 0 Å². The molecule has 0 unspecified atom stereocenters. The molecular weight excluding hydrogens is 141 g/mol. The Hall–Kier alpha value is 1.64. The molecule has 0 spiro atoms. The van der Waals surface area contributed by atoms with E-state index in [1.165, 1.54) is 0 Å². The molecule has 0 bridgehead atoms. The Morgan fingerprint density at radius 3 is 1.00 bits per heavy atom. The van der Waals surface area contributed by atoms with Crippen molar-refractivity contribution in [3.05, 3.63) is 0 Å². The number of hydrogen-bond donors (Lipinski definition) is 0. The molecule has 0 heterocycles. The van der Waals surface area contributed by atoms with E-state index in [-0.39, 0.29) is 60.4 Å². The average molecular weight is 141 g/mol. The standard InChI is InChI=1S/ClH.Mg.O.Zn/h1H;;;/q;+2;-2;+2/p-1. The molecule has 0 aliphatic carbocycles. The van der Waals surface area contributed by atoms with Crippen LogP contribution in [0.4, 0.5) is 0 Å². The fourth-order valence-corrected chi connectivity index (χ4v) is 0. The Morgan fingerprint density at radius 2 is 1.00 bits per heavy atom. The van der Waals surface area contributed by atoms with Crippen LogP contribution < -0.4 is 12.4 Å². The van der Waals surface area contributed by atoms with Crippen molar-refractivity contribution >= 4 is 23.1 Å². The van der Waals surface area contributed by atoms with E-state index in [1.54, 1.807) is 0 Å². The van der Waals surface area contributed by atoms with Gasteiger partial charge in [0, 0.05) is 0 Å². The number of rotatable bonds is 0. The van der Waals surface area contributed by atoms with Gasteiger partial charge in [0.1, 0.15) is 0 Å². The quantitative estimate of drug-likeness (QED) is 0.313. The third-order valence-corrected chi connectivity index (χ3v) is 0. The van der Waals surface area contributed by atoms with Crippen molar-refractivity contribution in [2.75, 3.05) is 0 Å². The van der Waals surface area contributed by atoms with Crippen molar-refractivity contribution in [2.24, 2.45) is 0 Å². The van der Waals surface area contributed by atoms with Crippen LogP contribution in [0.5, 0.6) is 0 Å².